The maximum atomic E-state index is 11.8. The highest BCUT2D eigenvalue weighted by Crippen LogP contribution is 2.30. The summed E-state index contributed by atoms with van der Waals surface area (Å²) in [4.78, 5) is 24.6. The van der Waals surface area contributed by atoms with Crippen LogP contribution < -0.4 is 10.6 Å². The van der Waals surface area contributed by atoms with E-state index < -0.39 is 11.8 Å². The molecular weight excluding hydrogens is 332 g/mol. The van der Waals surface area contributed by atoms with Gasteiger partial charge in [-0.1, -0.05) is 29.5 Å². The molecule has 0 saturated carbocycles. The standard InChI is InChI=1S/C16H12N2O3S2/c1-9-2-5-11(6-3-9)23-13-7-4-10(21-13)8-12-14(19)17-16(22)18-15(12)20/h2-8H,1H3,(H2,17,18,19,20,22). The maximum absolute atomic E-state index is 11.8. The van der Waals surface area contributed by atoms with Gasteiger partial charge in [0.15, 0.2) is 10.2 Å². The molecule has 0 aliphatic carbocycles. The van der Waals surface area contributed by atoms with Crippen LogP contribution in [-0.2, 0) is 9.59 Å². The molecule has 0 atom stereocenters. The quantitative estimate of drug-likeness (QED) is 0.509. The van der Waals surface area contributed by atoms with E-state index in [0.29, 0.717) is 10.9 Å². The zero-order chi connectivity index (χ0) is 16.4. The first-order chi connectivity index (χ1) is 11.0. The van der Waals surface area contributed by atoms with E-state index in [9.17, 15) is 9.59 Å². The van der Waals surface area contributed by atoms with Crippen LogP contribution in [0.15, 0.2) is 56.4 Å². The molecule has 5 nitrogen and oxygen atoms in total. The Morgan fingerprint density at radius 3 is 2.35 bits per heavy atom. The minimum Gasteiger partial charge on any atom is -0.450 e. The molecule has 2 heterocycles. The topological polar surface area (TPSA) is 71.3 Å². The van der Waals surface area contributed by atoms with Gasteiger partial charge in [-0.3, -0.25) is 20.2 Å². The number of nitrogens with one attached hydrogen (secondary N) is 2. The molecule has 2 amide bonds. The van der Waals surface area contributed by atoms with Crippen molar-refractivity contribution in [1.29, 1.82) is 0 Å². The fraction of sp³-hybridized carbons (Fsp3) is 0.0625. The van der Waals surface area contributed by atoms with E-state index in [2.05, 4.69) is 10.6 Å². The second-order valence-electron chi connectivity index (χ2n) is 4.87. The summed E-state index contributed by atoms with van der Waals surface area (Å²) < 4.78 is 5.64. The molecule has 0 radical (unpaired) electrons. The molecule has 1 fully saturated rings. The summed E-state index contributed by atoms with van der Waals surface area (Å²) in [5.41, 5.74) is 1.14. The summed E-state index contributed by atoms with van der Waals surface area (Å²) in [6.07, 6.45) is 1.39. The summed E-state index contributed by atoms with van der Waals surface area (Å²) in [5, 5.41) is 5.44. The number of amides is 2. The van der Waals surface area contributed by atoms with Crippen LogP contribution in [0, 0.1) is 6.92 Å². The van der Waals surface area contributed by atoms with E-state index in [1.807, 2.05) is 31.2 Å². The van der Waals surface area contributed by atoms with Crippen LogP contribution in [0.5, 0.6) is 0 Å². The van der Waals surface area contributed by atoms with E-state index in [1.54, 1.807) is 12.1 Å². The Balaban J connectivity index is 1.78. The third-order valence-electron chi connectivity index (χ3n) is 3.07. The van der Waals surface area contributed by atoms with Gasteiger partial charge in [0.2, 0.25) is 0 Å². The van der Waals surface area contributed by atoms with Crippen LogP contribution in [0.2, 0.25) is 0 Å². The van der Waals surface area contributed by atoms with Gasteiger partial charge in [0.25, 0.3) is 11.8 Å². The summed E-state index contributed by atoms with van der Waals surface area (Å²) in [6.45, 7) is 2.03. The predicted molar refractivity (Wildman–Crippen MR) is 90.9 cm³/mol. The Morgan fingerprint density at radius 2 is 1.70 bits per heavy atom. The van der Waals surface area contributed by atoms with Gasteiger partial charge in [-0.25, -0.2) is 0 Å². The molecule has 0 unspecified atom stereocenters. The van der Waals surface area contributed by atoms with Gasteiger partial charge < -0.3 is 4.42 Å². The van der Waals surface area contributed by atoms with Crippen LogP contribution in [0.25, 0.3) is 6.08 Å². The van der Waals surface area contributed by atoms with Gasteiger partial charge in [0.1, 0.15) is 11.3 Å². The Hall–Kier alpha value is -2.38. The van der Waals surface area contributed by atoms with Crippen molar-refractivity contribution in [2.75, 3.05) is 0 Å². The van der Waals surface area contributed by atoms with Crippen LogP contribution in [0.1, 0.15) is 11.3 Å². The minimum atomic E-state index is -0.539. The summed E-state index contributed by atoms with van der Waals surface area (Å²) in [6, 6.07) is 11.5. The van der Waals surface area contributed by atoms with Crippen molar-refractivity contribution in [2.45, 2.75) is 16.9 Å². The highest BCUT2D eigenvalue weighted by Gasteiger charge is 2.26. The second kappa shape index (κ2) is 6.39. The van der Waals surface area contributed by atoms with Crippen molar-refractivity contribution in [3.05, 3.63) is 53.3 Å². The summed E-state index contributed by atoms with van der Waals surface area (Å²) in [5.74, 6) is -0.654. The van der Waals surface area contributed by atoms with Gasteiger partial charge in [0.05, 0.1) is 0 Å². The first kappa shape index (κ1) is 15.5. The summed E-state index contributed by atoms with van der Waals surface area (Å²) >= 11 is 6.21. The van der Waals surface area contributed by atoms with Gasteiger partial charge in [-0.2, -0.15) is 0 Å². The molecule has 2 aromatic rings. The van der Waals surface area contributed by atoms with Gasteiger partial charge >= 0.3 is 0 Å². The molecule has 1 aliphatic rings. The zero-order valence-electron chi connectivity index (χ0n) is 12.1. The number of thiocarbonyl (C=S) groups is 1. The zero-order valence-corrected chi connectivity index (χ0v) is 13.7. The number of aryl methyl sites for hydroxylation is 1. The third-order valence-corrected chi connectivity index (χ3v) is 4.20. The van der Waals surface area contributed by atoms with E-state index in [1.165, 1.54) is 23.4 Å². The van der Waals surface area contributed by atoms with Crippen LogP contribution in [0.4, 0.5) is 0 Å². The van der Waals surface area contributed by atoms with E-state index in [0.717, 1.165) is 4.90 Å². The molecule has 1 aromatic carbocycles. The molecule has 0 bridgehead atoms. The minimum absolute atomic E-state index is 0.00668. The maximum Gasteiger partial charge on any atom is 0.263 e. The van der Waals surface area contributed by atoms with Gasteiger partial charge in [0, 0.05) is 4.90 Å². The molecule has 116 valence electrons. The number of hydrogen-bond donors (Lipinski definition) is 2. The van der Waals surface area contributed by atoms with Crippen molar-refractivity contribution in [1.82, 2.24) is 10.6 Å². The Bertz CT molecular complexity index is 800. The van der Waals surface area contributed by atoms with E-state index in [4.69, 9.17) is 16.6 Å². The number of carbonyl (C=O) groups is 2. The first-order valence-corrected chi connectivity index (χ1v) is 7.96. The molecule has 1 saturated heterocycles. The van der Waals surface area contributed by atoms with Crippen LogP contribution >= 0.6 is 24.0 Å². The SMILES string of the molecule is Cc1ccc(Sc2ccc(C=C3C(=O)NC(=S)NC3=O)o2)cc1. The molecule has 3 rings (SSSR count). The lowest BCUT2D eigenvalue weighted by Gasteiger charge is -2.15. The second-order valence-corrected chi connectivity index (χ2v) is 6.35. The Kier molecular flexibility index (Phi) is 4.31. The number of hydrogen-bond acceptors (Lipinski definition) is 5. The monoisotopic (exact) mass is 344 g/mol. The molecule has 2 N–H and O–H groups in total. The van der Waals surface area contributed by atoms with Crippen molar-refractivity contribution >= 4 is 47.0 Å². The lowest BCUT2D eigenvalue weighted by atomic mass is 10.1. The number of furan rings is 1. The van der Waals surface area contributed by atoms with Crippen molar-refractivity contribution in [3.63, 3.8) is 0 Å². The smallest absolute Gasteiger partial charge is 0.263 e. The molecule has 1 aromatic heterocycles. The van der Waals surface area contributed by atoms with Crippen LogP contribution in [0.3, 0.4) is 0 Å². The van der Waals surface area contributed by atoms with Gasteiger partial charge in [-0.05, 0) is 49.5 Å². The van der Waals surface area contributed by atoms with Crippen molar-refractivity contribution in [2.24, 2.45) is 0 Å². The first-order valence-electron chi connectivity index (χ1n) is 6.74. The number of rotatable bonds is 3. The average molecular weight is 344 g/mol. The fourth-order valence-electron chi connectivity index (χ4n) is 1.94. The molecule has 0 spiro atoms. The highest BCUT2D eigenvalue weighted by molar-refractivity contribution is 7.99. The van der Waals surface area contributed by atoms with Gasteiger partial charge in [-0.15, -0.1) is 0 Å². The Labute approximate surface area is 142 Å². The molecular formula is C16H12N2O3S2. The average Bonchev–Trinajstić information content (AvgIpc) is 2.93. The molecule has 7 heteroatoms. The summed E-state index contributed by atoms with van der Waals surface area (Å²) in [7, 11) is 0. The largest absolute Gasteiger partial charge is 0.450 e. The third kappa shape index (κ3) is 3.69. The van der Waals surface area contributed by atoms with Crippen molar-refractivity contribution < 1.29 is 14.0 Å². The van der Waals surface area contributed by atoms with E-state index in [-0.39, 0.29) is 10.7 Å². The molecule has 1 aliphatic heterocycles. The normalized spacial score (nSPS) is 14.5. The lowest BCUT2D eigenvalue weighted by molar-refractivity contribution is -0.123. The number of carbonyl (C=O) groups excluding carboxylic acids is 2. The number of benzene rings is 1. The Morgan fingerprint density at radius 1 is 1.04 bits per heavy atom. The lowest BCUT2D eigenvalue weighted by Crippen LogP contribution is -2.51. The fourth-order valence-corrected chi connectivity index (χ4v) is 2.90. The van der Waals surface area contributed by atoms with Crippen LogP contribution in [-0.4, -0.2) is 16.9 Å². The van der Waals surface area contributed by atoms with E-state index >= 15 is 0 Å². The highest BCUT2D eigenvalue weighted by atomic mass is 32.2. The molecule has 23 heavy (non-hydrogen) atoms. The predicted octanol–water partition coefficient (Wildman–Crippen LogP) is 2.65. The van der Waals surface area contributed by atoms with Crippen molar-refractivity contribution in [3.8, 4) is 0 Å².